The molecule has 1 aliphatic heterocycles. The Bertz CT molecular complexity index is 443. The van der Waals surface area contributed by atoms with E-state index in [0.29, 0.717) is 12.3 Å². The topological polar surface area (TPSA) is 84.1 Å². The van der Waals surface area contributed by atoms with Gasteiger partial charge in [0.2, 0.25) is 5.91 Å². The molecule has 110 valence electrons. The van der Waals surface area contributed by atoms with Crippen molar-refractivity contribution in [1.29, 1.82) is 0 Å². The van der Waals surface area contributed by atoms with Crippen LogP contribution < -0.4 is 16.0 Å². The summed E-state index contributed by atoms with van der Waals surface area (Å²) in [5.41, 5.74) is 5.25. The third kappa shape index (κ3) is 4.08. The Morgan fingerprint density at radius 1 is 1.45 bits per heavy atom. The number of hydrogen-bond donors (Lipinski definition) is 2. The molecule has 0 radical (unpaired) electrons. The van der Waals surface area contributed by atoms with Gasteiger partial charge in [-0.2, -0.15) is 0 Å². The monoisotopic (exact) mass is 277 g/mol. The highest BCUT2D eigenvalue weighted by molar-refractivity contribution is 5.74. The van der Waals surface area contributed by atoms with Crippen molar-refractivity contribution < 1.29 is 4.79 Å². The van der Waals surface area contributed by atoms with Gasteiger partial charge in [0, 0.05) is 26.1 Å². The molecule has 1 amide bonds. The van der Waals surface area contributed by atoms with Crippen molar-refractivity contribution in [1.82, 2.24) is 9.97 Å². The van der Waals surface area contributed by atoms with E-state index in [4.69, 9.17) is 5.73 Å². The van der Waals surface area contributed by atoms with Crippen molar-refractivity contribution in [3.63, 3.8) is 0 Å². The first-order chi connectivity index (χ1) is 9.69. The SMILES string of the molecule is CCCNc1cncc(N2CCC(CC(N)=O)CC2)n1. The minimum atomic E-state index is -0.200. The first-order valence-corrected chi connectivity index (χ1v) is 7.28. The summed E-state index contributed by atoms with van der Waals surface area (Å²) in [7, 11) is 0. The van der Waals surface area contributed by atoms with Gasteiger partial charge in [-0.15, -0.1) is 0 Å². The number of nitrogens with zero attached hydrogens (tertiary/aromatic N) is 3. The number of piperidine rings is 1. The molecule has 1 aliphatic rings. The first kappa shape index (κ1) is 14.6. The van der Waals surface area contributed by atoms with Crippen molar-refractivity contribution >= 4 is 17.5 Å². The van der Waals surface area contributed by atoms with Crippen LogP contribution in [0.15, 0.2) is 12.4 Å². The minimum absolute atomic E-state index is 0.200. The highest BCUT2D eigenvalue weighted by Crippen LogP contribution is 2.24. The lowest BCUT2D eigenvalue weighted by atomic mass is 9.93. The Balaban J connectivity index is 1.91. The Labute approximate surface area is 119 Å². The molecule has 0 aliphatic carbocycles. The van der Waals surface area contributed by atoms with Gasteiger partial charge in [-0.1, -0.05) is 6.92 Å². The first-order valence-electron chi connectivity index (χ1n) is 7.28. The summed E-state index contributed by atoms with van der Waals surface area (Å²) in [6, 6.07) is 0. The van der Waals surface area contributed by atoms with Crippen molar-refractivity contribution in [2.24, 2.45) is 11.7 Å². The summed E-state index contributed by atoms with van der Waals surface area (Å²) < 4.78 is 0. The number of aromatic nitrogens is 2. The molecular weight excluding hydrogens is 254 g/mol. The fourth-order valence-corrected chi connectivity index (χ4v) is 2.50. The van der Waals surface area contributed by atoms with E-state index in [2.05, 4.69) is 27.1 Å². The molecule has 0 spiro atoms. The van der Waals surface area contributed by atoms with Gasteiger partial charge >= 0.3 is 0 Å². The lowest BCUT2D eigenvalue weighted by Gasteiger charge is -2.32. The van der Waals surface area contributed by atoms with E-state index in [1.54, 1.807) is 12.4 Å². The summed E-state index contributed by atoms with van der Waals surface area (Å²) in [5.74, 6) is 1.94. The lowest BCUT2D eigenvalue weighted by Crippen LogP contribution is -2.35. The van der Waals surface area contributed by atoms with E-state index in [-0.39, 0.29) is 5.91 Å². The molecule has 0 bridgehead atoms. The molecule has 2 heterocycles. The van der Waals surface area contributed by atoms with Crippen LogP contribution >= 0.6 is 0 Å². The zero-order chi connectivity index (χ0) is 14.4. The van der Waals surface area contributed by atoms with Gasteiger partial charge in [-0.05, 0) is 25.2 Å². The second kappa shape index (κ2) is 7.07. The Morgan fingerprint density at radius 3 is 2.85 bits per heavy atom. The molecule has 6 nitrogen and oxygen atoms in total. The van der Waals surface area contributed by atoms with Crippen LogP contribution in [0.25, 0.3) is 0 Å². The van der Waals surface area contributed by atoms with Crippen LogP contribution in [0, 0.1) is 5.92 Å². The fourth-order valence-electron chi connectivity index (χ4n) is 2.50. The molecule has 6 heteroatoms. The number of hydrogen-bond acceptors (Lipinski definition) is 5. The van der Waals surface area contributed by atoms with Crippen LogP contribution in [0.1, 0.15) is 32.6 Å². The molecule has 1 saturated heterocycles. The third-order valence-electron chi connectivity index (χ3n) is 3.61. The molecule has 3 N–H and O–H groups in total. The molecule has 0 aromatic carbocycles. The fraction of sp³-hybridized carbons (Fsp3) is 0.643. The Morgan fingerprint density at radius 2 is 2.20 bits per heavy atom. The number of anilines is 2. The summed E-state index contributed by atoms with van der Waals surface area (Å²) in [4.78, 5) is 22.0. The summed E-state index contributed by atoms with van der Waals surface area (Å²) in [5, 5.41) is 3.25. The van der Waals surface area contributed by atoms with Gasteiger partial charge in [0.05, 0.1) is 12.4 Å². The predicted molar refractivity (Wildman–Crippen MR) is 79.6 cm³/mol. The zero-order valence-corrected chi connectivity index (χ0v) is 12.0. The van der Waals surface area contributed by atoms with Gasteiger partial charge in [0.25, 0.3) is 0 Å². The van der Waals surface area contributed by atoms with E-state index in [9.17, 15) is 4.79 Å². The van der Waals surface area contributed by atoms with E-state index in [1.807, 2.05) is 0 Å². The quantitative estimate of drug-likeness (QED) is 0.821. The van der Waals surface area contributed by atoms with Crippen molar-refractivity contribution in [2.45, 2.75) is 32.6 Å². The second-order valence-corrected chi connectivity index (χ2v) is 5.29. The van der Waals surface area contributed by atoms with E-state index >= 15 is 0 Å². The minimum Gasteiger partial charge on any atom is -0.370 e. The average Bonchev–Trinajstić information content (AvgIpc) is 2.45. The van der Waals surface area contributed by atoms with Crippen LogP contribution in [0.5, 0.6) is 0 Å². The maximum absolute atomic E-state index is 10.9. The molecule has 1 aromatic heterocycles. The molecular formula is C14H23N5O. The number of carbonyl (C=O) groups is 1. The summed E-state index contributed by atoms with van der Waals surface area (Å²) in [6.45, 7) is 4.83. The van der Waals surface area contributed by atoms with Crippen LogP contribution in [-0.4, -0.2) is 35.5 Å². The molecule has 20 heavy (non-hydrogen) atoms. The number of nitrogens with one attached hydrogen (secondary N) is 1. The Hall–Kier alpha value is -1.85. The van der Waals surface area contributed by atoms with Gasteiger partial charge < -0.3 is 16.0 Å². The van der Waals surface area contributed by atoms with Crippen molar-refractivity contribution in [3.05, 3.63) is 12.4 Å². The molecule has 1 aromatic rings. The standard InChI is InChI=1S/C14H23N5O/c1-2-5-17-13-9-16-10-14(18-13)19-6-3-11(4-7-19)8-12(15)20/h9-11H,2-8H2,1H3,(H2,15,20)(H,17,18). The third-order valence-corrected chi connectivity index (χ3v) is 3.61. The zero-order valence-electron chi connectivity index (χ0n) is 12.0. The Kier molecular flexibility index (Phi) is 5.15. The molecule has 0 unspecified atom stereocenters. The van der Waals surface area contributed by atoms with E-state index < -0.39 is 0 Å². The van der Waals surface area contributed by atoms with E-state index in [1.165, 1.54) is 0 Å². The number of nitrogens with two attached hydrogens (primary N) is 1. The maximum Gasteiger partial charge on any atom is 0.217 e. The summed E-state index contributed by atoms with van der Waals surface area (Å²) in [6.07, 6.45) is 7.07. The van der Waals surface area contributed by atoms with E-state index in [0.717, 1.165) is 50.5 Å². The molecule has 0 atom stereocenters. The van der Waals surface area contributed by atoms with Crippen LogP contribution in [-0.2, 0) is 4.79 Å². The van der Waals surface area contributed by atoms with Gasteiger partial charge in [0.15, 0.2) is 0 Å². The van der Waals surface area contributed by atoms with Crippen LogP contribution in [0.3, 0.4) is 0 Å². The second-order valence-electron chi connectivity index (χ2n) is 5.29. The predicted octanol–water partition coefficient (Wildman–Crippen LogP) is 1.39. The number of rotatable bonds is 6. The number of primary amides is 1. The largest absolute Gasteiger partial charge is 0.370 e. The highest BCUT2D eigenvalue weighted by atomic mass is 16.1. The smallest absolute Gasteiger partial charge is 0.217 e. The molecule has 2 rings (SSSR count). The van der Waals surface area contributed by atoms with Crippen molar-refractivity contribution in [3.8, 4) is 0 Å². The molecule has 1 fully saturated rings. The lowest BCUT2D eigenvalue weighted by molar-refractivity contribution is -0.119. The maximum atomic E-state index is 10.9. The molecule has 0 saturated carbocycles. The van der Waals surface area contributed by atoms with Gasteiger partial charge in [-0.3, -0.25) is 9.78 Å². The van der Waals surface area contributed by atoms with Gasteiger partial charge in [-0.25, -0.2) is 4.98 Å². The average molecular weight is 277 g/mol. The number of amides is 1. The van der Waals surface area contributed by atoms with Crippen LogP contribution in [0.4, 0.5) is 11.6 Å². The normalized spacial score (nSPS) is 16.1. The summed E-state index contributed by atoms with van der Waals surface area (Å²) >= 11 is 0. The van der Waals surface area contributed by atoms with Crippen LogP contribution in [0.2, 0.25) is 0 Å². The van der Waals surface area contributed by atoms with Crippen molar-refractivity contribution in [2.75, 3.05) is 29.9 Å². The highest BCUT2D eigenvalue weighted by Gasteiger charge is 2.21. The number of carbonyl (C=O) groups excluding carboxylic acids is 1. The van der Waals surface area contributed by atoms with Gasteiger partial charge in [0.1, 0.15) is 11.6 Å².